The molecule has 0 radical (unpaired) electrons. The maximum atomic E-state index is 11.7. The van der Waals surface area contributed by atoms with Crippen molar-refractivity contribution in [3.05, 3.63) is 22.7 Å². The Morgan fingerprint density at radius 2 is 2.20 bits per heavy atom. The lowest BCUT2D eigenvalue weighted by Crippen LogP contribution is -2.23. The molecule has 1 unspecified atom stereocenters. The van der Waals surface area contributed by atoms with Crippen LogP contribution in [0.3, 0.4) is 0 Å². The number of nitrogens with zero attached hydrogens (tertiary/aromatic N) is 1. The molecular formula is C14H18ClNO4. The molecule has 0 N–H and O–H groups in total. The van der Waals surface area contributed by atoms with Crippen LogP contribution in [0, 0.1) is 0 Å². The Bertz CT molecular complexity index is 504. The van der Waals surface area contributed by atoms with E-state index < -0.39 is 0 Å². The number of rotatable bonds is 5. The zero-order valence-electron chi connectivity index (χ0n) is 11.8. The van der Waals surface area contributed by atoms with Crippen molar-refractivity contribution in [2.75, 3.05) is 27.5 Å². The van der Waals surface area contributed by atoms with Gasteiger partial charge >= 0.3 is 5.97 Å². The van der Waals surface area contributed by atoms with Crippen molar-refractivity contribution in [3.8, 4) is 11.5 Å². The molecule has 2 rings (SSSR count). The van der Waals surface area contributed by atoms with Crippen molar-refractivity contribution < 1.29 is 19.0 Å². The second kappa shape index (κ2) is 6.33. The molecule has 1 heterocycles. The van der Waals surface area contributed by atoms with Crippen LogP contribution in [-0.4, -0.2) is 38.4 Å². The summed E-state index contributed by atoms with van der Waals surface area (Å²) in [7, 11) is 3.81. The fraction of sp³-hybridized carbons (Fsp3) is 0.500. The number of fused-ring (bicyclic) bond motifs is 1. The second-order valence-corrected chi connectivity index (χ2v) is 5.13. The first-order valence-corrected chi connectivity index (χ1v) is 6.81. The van der Waals surface area contributed by atoms with Crippen LogP contribution < -0.4 is 9.47 Å². The summed E-state index contributed by atoms with van der Waals surface area (Å²) in [6.45, 7) is 2.34. The van der Waals surface area contributed by atoms with Gasteiger partial charge in [0.05, 0.1) is 18.1 Å². The van der Waals surface area contributed by atoms with E-state index in [4.69, 9.17) is 25.8 Å². The Morgan fingerprint density at radius 1 is 1.45 bits per heavy atom. The predicted molar refractivity (Wildman–Crippen MR) is 75.3 cm³/mol. The van der Waals surface area contributed by atoms with Gasteiger partial charge in [-0.3, -0.25) is 4.79 Å². The van der Waals surface area contributed by atoms with Crippen LogP contribution in [-0.2, 0) is 9.53 Å². The maximum Gasteiger partial charge on any atom is 0.307 e. The third kappa shape index (κ3) is 3.16. The number of halogens is 1. The smallest absolute Gasteiger partial charge is 0.307 e. The van der Waals surface area contributed by atoms with Gasteiger partial charge in [0.15, 0.2) is 11.5 Å². The number of benzene rings is 1. The molecule has 5 nitrogen and oxygen atoms in total. The lowest BCUT2D eigenvalue weighted by atomic mass is 10.0. The minimum absolute atomic E-state index is 0.124. The van der Waals surface area contributed by atoms with Crippen LogP contribution in [0.15, 0.2) is 12.1 Å². The van der Waals surface area contributed by atoms with E-state index in [2.05, 4.69) is 0 Å². The second-order valence-electron chi connectivity index (χ2n) is 4.73. The summed E-state index contributed by atoms with van der Waals surface area (Å²) in [6.07, 6.45) is 0.261. The van der Waals surface area contributed by atoms with Crippen LogP contribution in [0.25, 0.3) is 0 Å². The summed E-state index contributed by atoms with van der Waals surface area (Å²) >= 11 is 6.18. The average molecular weight is 300 g/mol. The summed E-state index contributed by atoms with van der Waals surface area (Å²) in [5, 5.41) is 0.491. The fourth-order valence-corrected chi connectivity index (χ4v) is 2.43. The molecule has 0 amide bonds. The number of esters is 1. The number of ether oxygens (including phenoxy) is 3. The molecule has 1 aromatic carbocycles. The SMILES string of the molecule is CCOC(=O)CC(c1cc(Cl)c2c(c1)OCO2)N(C)C. The van der Waals surface area contributed by atoms with Gasteiger partial charge in [0.25, 0.3) is 0 Å². The first kappa shape index (κ1) is 14.9. The van der Waals surface area contributed by atoms with E-state index in [1.165, 1.54) is 0 Å². The van der Waals surface area contributed by atoms with Crippen LogP contribution in [0.2, 0.25) is 5.02 Å². The first-order valence-electron chi connectivity index (χ1n) is 6.44. The van der Waals surface area contributed by atoms with Crippen molar-refractivity contribution >= 4 is 17.6 Å². The Balaban J connectivity index is 2.26. The van der Waals surface area contributed by atoms with E-state index in [9.17, 15) is 4.79 Å². The molecular weight excluding hydrogens is 282 g/mol. The fourth-order valence-electron chi connectivity index (χ4n) is 2.16. The molecule has 0 aromatic heterocycles. The number of carbonyl (C=O) groups excluding carboxylic acids is 1. The summed E-state index contributed by atoms with van der Waals surface area (Å²) in [5.41, 5.74) is 0.900. The molecule has 1 aliphatic rings. The predicted octanol–water partition coefficient (Wildman–Crippen LogP) is 2.62. The first-order chi connectivity index (χ1) is 9.52. The van der Waals surface area contributed by atoms with Gasteiger partial charge in [-0.2, -0.15) is 0 Å². The van der Waals surface area contributed by atoms with E-state index >= 15 is 0 Å². The van der Waals surface area contributed by atoms with Crippen LogP contribution in [0.1, 0.15) is 24.9 Å². The van der Waals surface area contributed by atoms with Crippen molar-refractivity contribution in [1.29, 1.82) is 0 Å². The molecule has 1 aromatic rings. The third-order valence-electron chi connectivity index (χ3n) is 3.12. The highest BCUT2D eigenvalue weighted by Crippen LogP contribution is 2.42. The van der Waals surface area contributed by atoms with Crippen LogP contribution in [0.4, 0.5) is 0 Å². The Morgan fingerprint density at radius 3 is 2.85 bits per heavy atom. The Kier molecular flexibility index (Phi) is 4.73. The number of hydrogen-bond donors (Lipinski definition) is 0. The molecule has 20 heavy (non-hydrogen) atoms. The zero-order valence-corrected chi connectivity index (χ0v) is 12.6. The zero-order chi connectivity index (χ0) is 14.7. The van der Waals surface area contributed by atoms with Crippen LogP contribution >= 0.6 is 11.6 Å². The van der Waals surface area contributed by atoms with E-state index in [1.54, 1.807) is 13.0 Å². The van der Waals surface area contributed by atoms with Gasteiger partial charge in [-0.05, 0) is 38.7 Å². The quantitative estimate of drug-likeness (QED) is 0.782. The summed E-state index contributed by atoms with van der Waals surface area (Å²) in [4.78, 5) is 13.7. The summed E-state index contributed by atoms with van der Waals surface area (Å²) in [6, 6.07) is 3.54. The van der Waals surface area contributed by atoms with Crippen molar-refractivity contribution in [2.24, 2.45) is 0 Å². The van der Waals surface area contributed by atoms with Gasteiger partial charge in [0.1, 0.15) is 0 Å². The van der Waals surface area contributed by atoms with E-state index in [0.29, 0.717) is 23.1 Å². The maximum absolute atomic E-state index is 11.7. The number of carbonyl (C=O) groups is 1. The van der Waals surface area contributed by atoms with Gasteiger partial charge in [-0.25, -0.2) is 0 Å². The lowest BCUT2D eigenvalue weighted by Gasteiger charge is -2.24. The summed E-state index contributed by atoms with van der Waals surface area (Å²) < 4.78 is 15.7. The van der Waals surface area contributed by atoms with Crippen molar-refractivity contribution in [2.45, 2.75) is 19.4 Å². The molecule has 0 fully saturated rings. The minimum atomic E-state index is -0.236. The Hall–Kier alpha value is -1.46. The van der Waals surface area contributed by atoms with Crippen molar-refractivity contribution in [3.63, 3.8) is 0 Å². The molecule has 1 aliphatic heterocycles. The largest absolute Gasteiger partial charge is 0.466 e. The monoisotopic (exact) mass is 299 g/mol. The summed E-state index contributed by atoms with van der Waals surface area (Å²) in [5.74, 6) is 0.937. The standard InChI is InChI=1S/C14H18ClNO4/c1-4-18-13(17)7-11(16(2)3)9-5-10(15)14-12(6-9)19-8-20-14/h5-6,11H,4,7-8H2,1-3H3. The molecule has 1 atom stereocenters. The molecule has 110 valence electrons. The van der Waals surface area contributed by atoms with E-state index in [0.717, 1.165) is 5.56 Å². The normalized spacial score (nSPS) is 14.4. The van der Waals surface area contributed by atoms with Gasteiger partial charge in [0, 0.05) is 6.04 Å². The number of hydrogen-bond acceptors (Lipinski definition) is 5. The molecule has 6 heteroatoms. The van der Waals surface area contributed by atoms with Crippen LogP contribution in [0.5, 0.6) is 11.5 Å². The van der Waals surface area contributed by atoms with Gasteiger partial charge < -0.3 is 19.1 Å². The van der Waals surface area contributed by atoms with E-state index in [1.807, 2.05) is 25.1 Å². The van der Waals surface area contributed by atoms with Gasteiger partial charge in [0.2, 0.25) is 6.79 Å². The molecule has 0 saturated carbocycles. The topological polar surface area (TPSA) is 48.0 Å². The third-order valence-corrected chi connectivity index (χ3v) is 3.40. The van der Waals surface area contributed by atoms with E-state index in [-0.39, 0.29) is 25.2 Å². The average Bonchev–Trinajstić information content (AvgIpc) is 2.84. The highest BCUT2D eigenvalue weighted by molar-refractivity contribution is 6.32. The van der Waals surface area contributed by atoms with Gasteiger partial charge in [-0.15, -0.1) is 0 Å². The highest BCUT2D eigenvalue weighted by Gasteiger charge is 2.24. The minimum Gasteiger partial charge on any atom is -0.466 e. The van der Waals surface area contributed by atoms with Crippen molar-refractivity contribution in [1.82, 2.24) is 4.90 Å². The molecule has 0 bridgehead atoms. The molecule has 0 spiro atoms. The molecule has 0 saturated heterocycles. The molecule has 0 aliphatic carbocycles. The lowest BCUT2D eigenvalue weighted by molar-refractivity contribution is -0.144. The van der Waals surface area contributed by atoms with Gasteiger partial charge in [-0.1, -0.05) is 11.6 Å². The highest BCUT2D eigenvalue weighted by atomic mass is 35.5. The Labute approximate surface area is 123 Å².